The number of hydrogen-bond acceptors (Lipinski definition) is 6. The average Bonchev–Trinajstić information content (AvgIpc) is 3.08. The van der Waals surface area contributed by atoms with Crippen molar-refractivity contribution < 1.29 is 9.13 Å². The van der Waals surface area contributed by atoms with Gasteiger partial charge in [0, 0.05) is 61.4 Å². The van der Waals surface area contributed by atoms with Crippen LogP contribution < -0.4 is 20.9 Å². The second-order valence-corrected chi connectivity index (χ2v) is 15.0. The van der Waals surface area contributed by atoms with E-state index in [1.165, 1.54) is 19.6 Å². The lowest BCUT2D eigenvalue weighted by molar-refractivity contribution is -0.108. The zero-order valence-corrected chi connectivity index (χ0v) is 29.4. The minimum absolute atomic E-state index is 0.180. The lowest BCUT2D eigenvalue weighted by Crippen LogP contribution is -2.59. The van der Waals surface area contributed by atoms with Gasteiger partial charge in [-0.05, 0) is 98.2 Å². The summed E-state index contributed by atoms with van der Waals surface area (Å²) in [6.07, 6.45) is 6.14. The van der Waals surface area contributed by atoms with Crippen LogP contribution in [0.25, 0.3) is 22.3 Å². The first-order valence-corrected chi connectivity index (χ1v) is 17.6. The van der Waals surface area contributed by atoms with Crippen molar-refractivity contribution in [2.45, 2.75) is 78.6 Å². The molecule has 3 heterocycles. The van der Waals surface area contributed by atoms with Crippen LogP contribution in [-0.4, -0.2) is 63.7 Å². The Labute approximate surface area is 288 Å². The van der Waals surface area contributed by atoms with Gasteiger partial charge in [-0.2, -0.15) is 0 Å². The van der Waals surface area contributed by atoms with Gasteiger partial charge in [-0.1, -0.05) is 26.8 Å². The number of aromatic nitrogens is 3. The van der Waals surface area contributed by atoms with Crippen molar-refractivity contribution in [3.63, 3.8) is 0 Å². The fraction of sp³-hybridized carbons (Fsp3) is 0.487. The number of hydrogen-bond donors (Lipinski definition) is 2. The molecular formula is C39H48FN7O2. The van der Waals surface area contributed by atoms with Crippen LogP contribution in [0.1, 0.15) is 53.0 Å². The van der Waals surface area contributed by atoms with E-state index in [1.54, 1.807) is 29.1 Å². The summed E-state index contributed by atoms with van der Waals surface area (Å²) >= 11 is 0. The predicted octanol–water partition coefficient (Wildman–Crippen LogP) is 6.37. The maximum atomic E-state index is 14.9. The maximum Gasteiger partial charge on any atom is 0.261 e. The first kappa shape index (κ1) is 33.2. The van der Waals surface area contributed by atoms with E-state index in [0.717, 1.165) is 31.2 Å². The zero-order valence-electron chi connectivity index (χ0n) is 29.4. The standard InChI is InChI=1S/C39H48FN7O2/c1-23-21-46(22-24(2)42-23)38(45-34-17-28-16-32(25(34)3)39(28,4)5)43-29-10-12-31-35(18-29)44-36(27-8-7-14-41-20-27)47(37(31)48)15-13-26-9-11-30(49-6)19-33(26)40/h7-12,14,18-20,23-25,28,32,34,42H,13,15-17,21-22H2,1-6H3,(H,43,45)/t23-,24+,25-,28-,32+,34-/m0/s1. The summed E-state index contributed by atoms with van der Waals surface area (Å²) in [6.45, 7) is 13.6. The molecule has 0 radical (unpaired) electrons. The third-order valence-corrected chi connectivity index (χ3v) is 11.5. The summed E-state index contributed by atoms with van der Waals surface area (Å²) in [7, 11) is 1.51. The summed E-state index contributed by atoms with van der Waals surface area (Å²) in [5, 5.41) is 7.84. The summed E-state index contributed by atoms with van der Waals surface area (Å²) in [6, 6.07) is 15.2. The Morgan fingerprint density at radius 2 is 1.90 bits per heavy atom. The van der Waals surface area contributed by atoms with Crippen LogP contribution >= 0.6 is 0 Å². The molecule has 3 aliphatic carbocycles. The third-order valence-electron chi connectivity index (χ3n) is 11.5. The SMILES string of the molecule is COc1ccc(CCn2c(-c3cccnc3)nc3cc(NC(=N[C@H]4C[C@@H]5C[C@H]([C@@H]4C)C5(C)C)N4C[C@@H](C)N[C@@H](C)C4)ccc3c2=O)c(F)c1. The van der Waals surface area contributed by atoms with Crippen molar-refractivity contribution in [3.05, 3.63) is 82.7 Å². The molecule has 4 aliphatic rings. The van der Waals surface area contributed by atoms with E-state index in [0.29, 0.717) is 75.3 Å². The third kappa shape index (κ3) is 6.43. The molecule has 258 valence electrons. The van der Waals surface area contributed by atoms with Gasteiger partial charge in [0.1, 0.15) is 17.4 Å². The Balaban J connectivity index is 1.24. The second kappa shape index (κ2) is 13.2. The van der Waals surface area contributed by atoms with E-state index in [4.69, 9.17) is 14.7 Å². The average molecular weight is 666 g/mol. The van der Waals surface area contributed by atoms with E-state index in [-0.39, 0.29) is 24.0 Å². The van der Waals surface area contributed by atoms with Crippen LogP contribution in [0.2, 0.25) is 0 Å². The quantitative estimate of drug-likeness (QED) is 0.175. The van der Waals surface area contributed by atoms with Crippen molar-refractivity contribution in [1.29, 1.82) is 0 Å². The van der Waals surface area contributed by atoms with Crippen molar-refractivity contribution >= 4 is 22.5 Å². The topological polar surface area (TPSA) is 96.7 Å². The zero-order chi connectivity index (χ0) is 34.4. The fourth-order valence-corrected chi connectivity index (χ4v) is 8.58. The number of ether oxygens (including phenoxy) is 1. The molecule has 2 N–H and O–H groups in total. The molecule has 1 aliphatic heterocycles. The van der Waals surface area contributed by atoms with Gasteiger partial charge < -0.3 is 20.3 Å². The predicted molar refractivity (Wildman–Crippen MR) is 194 cm³/mol. The highest BCUT2D eigenvalue weighted by atomic mass is 19.1. The second-order valence-electron chi connectivity index (χ2n) is 15.0. The van der Waals surface area contributed by atoms with Gasteiger partial charge in [-0.25, -0.2) is 14.4 Å². The summed E-state index contributed by atoms with van der Waals surface area (Å²) in [5.74, 6) is 3.39. The summed E-state index contributed by atoms with van der Waals surface area (Å²) < 4.78 is 21.6. The highest BCUT2D eigenvalue weighted by Gasteiger charge is 2.56. The Morgan fingerprint density at radius 3 is 2.57 bits per heavy atom. The Kier molecular flexibility index (Phi) is 8.94. The normalized spacial score (nSPS) is 26.3. The van der Waals surface area contributed by atoms with Crippen LogP contribution in [0.4, 0.5) is 10.1 Å². The minimum atomic E-state index is -0.367. The molecular weight excluding hydrogens is 617 g/mol. The van der Waals surface area contributed by atoms with Gasteiger partial charge in [0.15, 0.2) is 5.96 Å². The molecule has 2 aromatic heterocycles. The number of aliphatic imine (C=N–C) groups is 1. The van der Waals surface area contributed by atoms with Gasteiger partial charge in [0.25, 0.3) is 5.56 Å². The monoisotopic (exact) mass is 665 g/mol. The van der Waals surface area contributed by atoms with Crippen LogP contribution in [0.3, 0.4) is 0 Å². The van der Waals surface area contributed by atoms with E-state index in [9.17, 15) is 9.18 Å². The lowest BCUT2D eigenvalue weighted by Gasteiger charge is -2.61. The van der Waals surface area contributed by atoms with E-state index in [2.05, 4.69) is 55.1 Å². The van der Waals surface area contributed by atoms with E-state index >= 15 is 0 Å². The summed E-state index contributed by atoms with van der Waals surface area (Å²) in [5.41, 5.74) is 2.84. The highest BCUT2D eigenvalue weighted by Crippen LogP contribution is 2.61. The molecule has 4 fully saturated rings. The van der Waals surface area contributed by atoms with Gasteiger partial charge in [-0.15, -0.1) is 0 Å². The molecule has 0 amide bonds. The molecule has 6 atom stereocenters. The molecule has 0 unspecified atom stereocenters. The number of nitrogens with one attached hydrogen (secondary N) is 2. The van der Waals surface area contributed by atoms with Crippen LogP contribution in [0.15, 0.2) is 70.7 Å². The van der Waals surface area contributed by atoms with Crippen LogP contribution in [-0.2, 0) is 13.0 Å². The molecule has 2 aromatic carbocycles. The highest BCUT2D eigenvalue weighted by molar-refractivity contribution is 5.96. The van der Waals surface area contributed by atoms with E-state index in [1.807, 2.05) is 30.3 Å². The Hall–Kier alpha value is -4.31. The minimum Gasteiger partial charge on any atom is -0.497 e. The number of fused-ring (bicyclic) bond motifs is 3. The molecule has 0 spiro atoms. The number of rotatable bonds is 7. The van der Waals surface area contributed by atoms with Gasteiger partial charge in [0.05, 0.1) is 24.1 Å². The number of anilines is 1. The number of pyridine rings is 1. The maximum absolute atomic E-state index is 14.9. The largest absolute Gasteiger partial charge is 0.497 e. The number of guanidine groups is 1. The van der Waals surface area contributed by atoms with Crippen LogP contribution in [0, 0.1) is 29.0 Å². The molecule has 1 saturated heterocycles. The van der Waals surface area contributed by atoms with Crippen molar-refractivity contribution in [2.75, 3.05) is 25.5 Å². The fourth-order valence-electron chi connectivity index (χ4n) is 8.58. The number of piperazine rings is 1. The van der Waals surface area contributed by atoms with E-state index < -0.39 is 0 Å². The first-order valence-electron chi connectivity index (χ1n) is 17.6. The Bertz CT molecular complexity index is 1920. The van der Waals surface area contributed by atoms with Gasteiger partial charge in [-0.3, -0.25) is 14.3 Å². The Morgan fingerprint density at radius 1 is 1.10 bits per heavy atom. The lowest BCUT2D eigenvalue weighted by atomic mass is 9.45. The van der Waals surface area contributed by atoms with Gasteiger partial charge in [0.2, 0.25) is 0 Å². The molecule has 10 heteroatoms. The van der Waals surface area contributed by atoms with Crippen molar-refractivity contribution in [1.82, 2.24) is 24.8 Å². The molecule has 3 saturated carbocycles. The molecule has 49 heavy (non-hydrogen) atoms. The van der Waals surface area contributed by atoms with Crippen molar-refractivity contribution in [2.24, 2.45) is 28.2 Å². The molecule has 4 aromatic rings. The smallest absolute Gasteiger partial charge is 0.261 e. The number of nitrogens with zero attached hydrogens (tertiary/aromatic N) is 5. The molecule has 9 nitrogen and oxygen atoms in total. The first-order chi connectivity index (χ1) is 23.5. The molecule has 2 bridgehead atoms. The van der Waals surface area contributed by atoms with Crippen molar-refractivity contribution in [3.8, 4) is 17.1 Å². The number of halogens is 1. The number of methoxy groups -OCH3 is 1. The number of benzene rings is 2. The summed E-state index contributed by atoms with van der Waals surface area (Å²) in [4.78, 5) is 31.3. The van der Waals surface area contributed by atoms with Gasteiger partial charge >= 0.3 is 0 Å². The molecule has 8 rings (SSSR count). The van der Waals surface area contributed by atoms with Crippen LogP contribution in [0.5, 0.6) is 5.75 Å². The number of aryl methyl sites for hydroxylation is 1.